The van der Waals surface area contributed by atoms with Crippen molar-refractivity contribution in [2.24, 2.45) is 16.8 Å². The van der Waals surface area contributed by atoms with Crippen LogP contribution in [0.2, 0.25) is 0 Å². The molecule has 2 aliphatic rings. The van der Waals surface area contributed by atoms with Gasteiger partial charge in [-0.3, -0.25) is 4.99 Å². The summed E-state index contributed by atoms with van der Waals surface area (Å²) in [4.78, 5) is 4.77. The van der Waals surface area contributed by atoms with Crippen LogP contribution in [0.5, 0.6) is 0 Å². The van der Waals surface area contributed by atoms with Crippen LogP contribution in [0.15, 0.2) is 17.6 Å². The van der Waals surface area contributed by atoms with Gasteiger partial charge in [-0.05, 0) is 63.0 Å². The van der Waals surface area contributed by atoms with Gasteiger partial charge in [-0.1, -0.05) is 25.3 Å². The molecule has 0 radical (unpaired) electrons. The molecule has 96 valence electrons. The molecule has 0 N–H and O–H groups in total. The molecule has 0 spiro atoms. The second-order valence-corrected chi connectivity index (χ2v) is 5.88. The fraction of sp³-hybridized carbons (Fsp3) is 0.812. The van der Waals surface area contributed by atoms with E-state index >= 15 is 0 Å². The smallest absolute Gasteiger partial charge is 0.0495 e. The minimum absolute atomic E-state index is 0.660. The Morgan fingerprint density at radius 3 is 2.29 bits per heavy atom. The van der Waals surface area contributed by atoms with Crippen molar-refractivity contribution in [2.75, 3.05) is 0 Å². The van der Waals surface area contributed by atoms with Crippen molar-refractivity contribution in [3.8, 4) is 0 Å². The largest absolute Gasteiger partial charge is 0.294 e. The molecular weight excluding hydrogens is 206 g/mol. The van der Waals surface area contributed by atoms with Crippen molar-refractivity contribution in [1.82, 2.24) is 0 Å². The van der Waals surface area contributed by atoms with Crippen LogP contribution in [-0.4, -0.2) is 12.3 Å². The first-order chi connectivity index (χ1) is 8.38. The third-order valence-electron chi connectivity index (χ3n) is 4.55. The van der Waals surface area contributed by atoms with E-state index in [-0.39, 0.29) is 0 Å². The van der Waals surface area contributed by atoms with Gasteiger partial charge < -0.3 is 0 Å². The lowest BCUT2D eigenvalue weighted by atomic mass is 9.81. The Hall–Kier alpha value is -0.590. The van der Waals surface area contributed by atoms with Gasteiger partial charge in [-0.15, -0.1) is 6.58 Å². The summed E-state index contributed by atoms with van der Waals surface area (Å²) in [7, 11) is 0. The monoisotopic (exact) mass is 233 g/mol. The molecule has 0 aromatic rings. The van der Waals surface area contributed by atoms with Gasteiger partial charge in [0.15, 0.2) is 0 Å². The first-order valence-electron chi connectivity index (χ1n) is 7.52. The summed E-state index contributed by atoms with van der Waals surface area (Å²) in [6, 6.07) is 0.660. The molecule has 0 aromatic carbocycles. The van der Waals surface area contributed by atoms with E-state index in [1.807, 2.05) is 0 Å². The first kappa shape index (κ1) is 12.9. The second kappa shape index (κ2) is 6.98. The maximum atomic E-state index is 4.77. The Morgan fingerprint density at radius 1 is 0.941 bits per heavy atom. The molecule has 0 amide bonds. The summed E-state index contributed by atoms with van der Waals surface area (Å²) in [5, 5.41) is 0. The molecule has 2 aliphatic carbocycles. The van der Waals surface area contributed by atoms with Crippen LogP contribution in [0.25, 0.3) is 0 Å². The molecule has 0 saturated heterocycles. The summed E-state index contributed by atoms with van der Waals surface area (Å²) in [6.07, 6.45) is 18.0. The average molecular weight is 233 g/mol. The van der Waals surface area contributed by atoms with Crippen LogP contribution in [0.1, 0.15) is 64.2 Å². The number of hydrogen-bond acceptors (Lipinski definition) is 1. The van der Waals surface area contributed by atoms with E-state index in [1.165, 1.54) is 64.2 Å². The normalized spacial score (nSPS) is 31.8. The topological polar surface area (TPSA) is 12.4 Å². The van der Waals surface area contributed by atoms with Crippen LogP contribution in [-0.2, 0) is 0 Å². The van der Waals surface area contributed by atoms with E-state index in [0.29, 0.717) is 6.04 Å². The lowest BCUT2D eigenvalue weighted by molar-refractivity contribution is 0.318. The molecule has 2 fully saturated rings. The van der Waals surface area contributed by atoms with Crippen LogP contribution in [0, 0.1) is 11.8 Å². The van der Waals surface area contributed by atoms with Gasteiger partial charge in [0, 0.05) is 6.04 Å². The molecule has 2 rings (SSSR count). The quantitative estimate of drug-likeness (QED) is 0.490. The average Bonchev–Trinajstić information content (AvgIpc) is 2.41. The number of allylic oxidation sites excluding steroid dienone is 1. The third kappa shape index (κ3) is 4.29. The predicted molar refractivity (Wildman–Crippen MR) is 75.6 cm³/mol. The Kier molecular flexibility index (Phi) is 5.28. The molecule has 0 aliphatic heterocycles. The minimum Gasteiger partial charge on any atom is -0.294 e. The van der Waals surface area contributed by atoms with Gasteiger partial charge in [-0.2, -0.15) is 0 Å². The predicted octanol–water partition coefficient (Wildman–Crippen LogP) is 4.77. The van der Waals surface area contributed by atoms with Crippen molar-refractivity contribution < 1.29 is 0 Å². The van der Waals surface area contributed by atoms with Crippen LogP contribution in [0.3, 0.4) is 0 Å². The summed E-state index contributed by atoms with van der Waals surface area (Å²) in [5.74, 6) is 1.69. The van der Waals surface area contributed by atoms with Crippen molar-refractivity contribution in [3.05, 3.63) is 12.7 Å². The highest BCUT2D eigenvalue weighted by Gasteiger charge is 2.18. The maximum Gasteiger partial charge on any atom is 0.0495 e. The highest BCUT2D eigenvalue weighted by molar-refractivity contribution is 5.57. The second-order valence-electron chi connectivity index (χ2n) is 5.88. The van der Waals surface area contributed by atoms with E-state index < -0.39 is 0 Å². The fourth-order valence-electron chi connectivity index (χ4n) is 3.25. The Morgan fingerprint density at radius 2 is 1.65 bits per heavy atom. The lowest BCUT2D eigenvalue weighted by Crippen LogP contribution is -2.14. The van der Waals surface area contributed by atoms with E-state index in [1.54, 1.807) is 0 Å². The molecule has 0 heterocycles. The number of nitrogens with zero attached hydrogens (tertiary/aromatic N) is 1. The van der Waals surface area contributed by atoms with Gasteiger partial charge in [0.1, 0.15) is 0 Å². The Balaban J connectivity index is 1.64. The minimum atomic E-state index is 0.660. The molecule has 2 saturated carbocycles. The van der Waals surface area contributed by atoms with Gasteiger partial charge in [0.25, 0.3) is 0 Å². The van der Waals surface area contributed by atoms with Crippen molar-refractivity contribution in [3.63, 3.8) is 0 Å². The number of aliphatic imine (C=N–C) groups is 1. The lowest BCUT2D eigenvalue weighted by Gasteiger charge is -2.25. The van der Waals surface area contributed by atoms with E-state index in [0.717, 1.165) is 11.8 Å². The number of hydrogen-bond donors (Lipinski definition) is 0. The Bertz CT molecular complexity index is 242. The maximum absolute atomic E-state index is 4.77. The van der Waals surface area contributed by atoms with Crippen LogP contribution < -0.4 is 0 Å². The van der Waals surface area contributed by atoms with Gasteiger partial charge in [0.2, 0.25) is 0 Å². The zero-order valence-electron chi connectivity index (χ0n) is 11.1. The van der Waals surface area contributed by atoms with Gasteiger partial charge in [-0.25, -0.2) is 0 Å². The van der Waals surface area contributed by atoms with E-state index in [4.69, 9.17) is 4.99 Å². The molecule has 17 heavy (non-hydrogen) atoms. The molecule has 0 bridgehead atoms. The molecule has 0 atom stereocenters. The fourth-order valence-corrected chi connectivity index (χ4v) is 3.25. The van der Waals surface area contributed by atoms with Crippen LogP contribution >= 0.6 is 0 Å². The summed E-state index contributed by atoms with van der Waals surface area (Å²) >= 11 is 0. The molecule has 0 unspecified atom stereocenters. The highest BCUT2D eigenvalue weighted by Crippen LogP contribution is 2.30. The van der Waals surface area contributed by atoms with Gasteiger partial charge >= 0.3 is 0 Å². The Labute approximate surface area is 106 Å². The summed E-state index contributed by atoms with van der Waals surface area (Å²) < 4.78 is 0. The SMILES string of the molecule is C=CC1CCC(CC=NC2CCCCC2)CC1. The van der Waals surface area contributed by atoms with Crippen LogP contribution in [0.4, 0.5) is 0 Å². The van der Waals surface area contributed by atoms with Crippen molar-refractivity contribution in [1.29, 1.82) is 0 Å². The third-order valence-corrected chi connectivity index (χ3v) is 4.55. The highest BCUT2D eigenvalue weighted by atomic mass is 14.8. The zero-order valence-corrected chi connectivity index (χ0v) is 11.1. The number of rotatable bonds is 4. The van der Waals surface area contributed by atoms with Gasteiger partial charge in [0.05, 0.1) is 0 Å². The molecule has 0 aromatic heterocycles. The zero-order chi connectivity index (χ0) is 11.9. The van der Waals surface area contributed by atoms with Crippen molar-refractivity contribution >= 4 is 6.21 Å². The first-order valence-corrected chi connectivity index (χ1v) is 7.52. The molecular formula is C16H27N. The molecule has 1 nitrogen and oxygen atoms in total. The molecule has 1 heteroatoms. The van der Waals surface area contributed by atoms with E-state index in [2.05, 4.69) is 18.9 Å². The summed E-state index contributed by atoms with van der Waals surface area (Å²) in [6.45, 7) is 3.91. The summed E-state index contributed by atoms with van der Waals surface area (Å²) in [5.41, 5.74) is 0. The van der Waals surface area contributed by atoms with E-state index in [9.17, 15) is 0 Å². The standard InChI is InChI=1S/C16H27N/c1-2-14-8-10-15(11-9-14)12-13-17-16-6-4-3-5-7-16/h2,13-16H,1,3-12H2. The van der Waals surface area contributed by atoms with Crippen molar-refractivity contribution in [2.45, 2.75) is 70.3 Å².